The molecule has 104 valence electrons. The van der Waals surface area contributed by atoms with Crippen molar-refractivity contribution in [3.63, 3.8) is 0 Å². The summed E-state index contributed by atoms with van der Waals surface area (Å²) in [7, 11) is 0. The van der Waals surface area contributed by atoms with Crippen LogP contribution in [0.4, 0.5) is 0 Å². The molecule has 2 rings (SSSR count). The molecule has 2 heterocycles. The molecule has 0 saturated heterocycles. The lowest BCUT2D eigenvalue weighted by molar-refractivity contribution is 0.478. The molecule has 2 aromatic rings. The molecule has 0 aromatic carbocycles. The van der Waals surface area contributed by atoms with Gasteiger partial charge in [0.2, 0.25) is 0 Å². The fourth-order valence-electron chi connectivity index (χ4n) is 2.03. The molecule has 0 spiro atoms. The van der Waals surface area contributed by atoms with Crippen LogP contribution >= 0.6 is 0 Å². The summed E-state index contributed by atoms with van der Waals surface area (Å²) in [5.74, 6) is 2.93. The number of furan rings is 1. The van der Waals surface area contributed by atoms with Crippen LogP contribution in [0.25, 0.3) is 0 Å². The van der Waals surface area contributed by atoms with E-state index in [2.05, 4.69) is 36.2 Å². The summed E-state index contributed by atoms with van der Waals surface area (Å²) in [6.07, 6.45) is 3.51. The Kier molecular flexibility index (Phi) is 4.74. The SMILES string of the molecule is CCNCc1occc1Cn1nc(CC)nc1CC. The summed E-state index contributed by atoms with van der Waals surface area (Å²) in [5, 5.41) is 7.82. The van der Waals surface area contributed by atoms with Crippen LogP contribution in [-0.2, 0) is 25.9 Å². The minimum Gasteiger partial charge on any atom is -0.468 e. The fraction of sp³-hybridized carbons (Fsp3) is 0.571. The average Bonchev–Trinajstić information content (AvgIpc) is 3.03. The van der Waals surface area contributed by atoms with Crippen LogP contribution in [-0.4, -0.2) is 21.3 Å². The average molecular weight is 262 g/mol. The number of hydrogen-bond donors (Lipinski definition) is 1. The zero-order chi connectivity index (χ0) is 13.7. The number of rotatable bonds is 7. The van der Waals surface area contributed by atoms with Gasteiger partial charge in [0.25, 0.3) is 0 Å². The van der Waals surface area contributed by atoms with Crippen molar-refractivity contribution in [2.24, 2.45) is 0 Å². The Morgan fingerprint density at radius 2 is 2.11 bits per heavy atom. The first-order valence-electron chi connectivity index (χ1n) is 6.97. The summed E-state index contributed by atoms with van der Waals surface area (Å²) in [5.41, 5.74) is 1.17. The topological polar surface area (TPSA) is 55.9 Å². The molecule has 0 bridgehead atoms. The quantitative estimate of drug-likeness (QED) is 0.830. The van der Waals surface area contributed by atoms with Crippen molar-refractivity contribution in [3.8, 4) is 0 Å². The van der Waals surface area contributed by atoms with Crippen molar-refractivity contribution < 1.29 is 4.42 Å². The molecule has 2 aromatic heterocycles. The zero-order valence-electron chi connectivity index (χ0n) is 11.9. The van der Waals surface area contributed by atoms with Crippen molar-refractivity contribution >= 4 is 0 Å². The van der Waals surface area contributed by atoms with Gasteiger partial charge in [-0.1, -0.05) is 20.8 Å². The lowest BCUT2D eigenvalue weighted by Gasteiger charge is -2.05. The molecule has 0 amide bonds. The standard InChI is InChI=1S/C14H22N4O/c1-4-13-16-14(5-2)18(17-13)10-11-7-8-19-12(11)9-15-6-3/h7-8,15H,4-6,9-10H2,1-3H3. The molecular formula is C14H22N4O. The molecule has 1 N–H and O–H groups in total. The molecular weight excluding hydrogens is 240 g/mol. The summed E-state index contributed by atoms with van der Waals surface area (Å²) in [6, 6.07) is 2.01. The highest BCUT2D eigenvalue weighted by Gasteiger charge is 2.11. The van der Waals surface area contributed by atoms with E-state index in [0.29, 0.717) is 0 Å². The summed E-state index contributed by atoms with van der Waals surface area (Å²) in [6.45, 7) is 8.69. The molecule has 0 aliphatic rings. The van der Waals surface area contributed by atoms with E-state index >= 15 is 0 Å². The maximum Gasteiger partial charge on any atom is 0.150 e. The van der Waals surface area contributed by atoms with Crippen LogP contribution in [0.2, 0.25) is 0 Å². The zero-order valence-corrected chi connectivity index (χ0v) is 11.9. The third-order valence-corrected chi connectivity index (χ3v) is 3.12. The second-order valence-electron chi connectivity index (χ2n) is 4.46. The highest BCUT2D eigenvalue weighted by molar-refractivity contribution is 5.17. The van der Waals surface area contributed by atoms with E-state index in [-0.39, 0.29) is 0 Å². The smallest absolute Gasteiger partial charge is 0.150 e. The number of nitrogens with zero attached hydrogens (tertiary/aromatic N) is 3. The van der Waals surface area contributed by atoms with Crippen LogP contribution in [0.1, 0.15) is 43.7 Å². The van der Waals surface area contributed by atoms with E-state index in [1.54, 1.807) is 6.26 Å². The van der Waals surface area contributed by atoms with Crippen LogP contribution in [0, 0.1) is 0 Å². The van der Waals surface area contributed by atoms with Crippen molar-refractivity contribution in [3.05, 3.63) is 35.3 Å². The van der Waals surface area contributed by atoms with E-state index in [4.69, 9.17) is 4.42 Å². The maximum absolute atomic E-state index is 5.52. The van der Waals surface area contributed by atoms with E-state index in [0.717, 1.165) is 49.9 Å². The molecule has 0 radical (unpaired) electrons. The van der Waals surface area contributed by atoms with Gasteiger partial charge in [-0.25, -0.2) is 9.67 Å². The third kappa shape index (κ3) is 3.23. The molecule has 0 unspecified atom stereocenters. The highest BCUT2D eigenvalue weighted by Crippen LogP contribution is 2.13. The number of aromatic nitrogens is 3. The first kappa shape index (κ1) is 13.8. The molecule has 0 aliphatic heterocycles. The van der Waals surface area contributed by atoms with Crippen LogP contribution in [0.3, 0.4) is 0 Å². The Morgan fingerprint density at radius 1 is 1.26 bits per heavy atom. The van der Waals surface area contributed by atoms with Crippen LogP contribution < -0.4 is 5.32 Å². The van der Waals surface area contributed by atoms with Gasteiger partial charge in [-0.15, -0.1) is 0 Å². The van der Waals surface area contributed by atoms with Gasteiger partial charge in [-0.05, 0) is 12.6 Å². The molecule has 5 nitrogen and oxygen atoms in total. The predicted molar refractivity (Wildman–Crippen MR) is 74.0 cm³/mol. The van der Waals surface area contributed by atoms with Crippen molar-refractivity contribution in [1.82, 2.24) is 20.1 Å². The van der Waals surface area contributed by atoms with E-state index in [9.17, 15) is 0 Å². The summed E-state index contributed by atoms with van der Waals surface area (Å²) in [4.78, 5) is 4.53. The number of nitrogens with one attached hydrogen (secondary N) is 1. The second-order valence-corrected chi connectivity index (χ2v) is 4.46. The number of hydrogen-bond acceptors (Lipinski definition) is 4. The molecule has 0 fully saturated rings. The normalized spacial score (nSPS) is 11.1. The first-order chi connectivity index (χ1) is 9.28. The van der Waals surface area contributed by atoms with Gasteiger partial charge < -0.3 is 9.73 Å². The summed E-state index contributed by atoms with van der Waals surface area (Å²) >= 11 is 0. The Bertz CT molecular complexity index is 515. The van der Waals surface area contributed by atoms with Crippen molar-refractivity contribution in [2.45, 2.75) is 46.7 Å². The van der Waals surface area contributed by atoms with Crippen molar-refractivity contribution in [1.29, 1.82) is 0 Å². The van der Waals surface area contributed by atoms with Gasteiger partial charge in [-0.2, -0.15) is 5.10 Å². The molecule has 0 saturated carbocycles. The highest BCUT2D eigenvalue weighted by atomic mass is 16.3. The van der Waals surface area contributed by atoms with E-state index in [1.807, 2.05) is 10.7 Å². The molecule has 5 heteroatoms. The minimum atomic E-state index is 0.730. The molecule has 19 heavy (non-hydrogen) atoms. The Hall–Kier alpha value is -1.62. The summed E-state index contributed by atoms with van der Waals surface area (Å²) < 4.78 is 7.51. The van der Waals surface area contributed by atoms with Crippen LogP contribution in [0.15, 0.2) is 16.7 Å². The second kappa shape index (κ2) is 6.52. The van der Waals surface area contributed by atoms with Gasteiger partial charge in [-0.3, -0.25) is 0 Å². The fourth-order valence-corrected chi connectivity index (χ4v) is 2.03. The predicted octanol–water partition coefficient (Wildman–Crippen LogP) is 2.15. The Morgan fingerprint density at radius 3 is 2.79 bits per heavy atom. The Labute approximate surface area is 114 Å². The number of aryl methyl sites for hydroxylation is 2. The third-order valence-electron chi connectivity index (χ3n) is 3.12. The van der Waals surface area contributed by atoms with Gasteiger partial charge in [0.15, 0.2) is 5.82 Å². The maximum atomic E-state index is 5.52. The largest absolute Gasteiger partial charge is 0.468 e. The van der Waals surface area contributed by atoms with Gasteiger partial charge >= 0.3 is 0 Å². The van der Waals surface area contributed by atoms with Gasteiger partial charge in [0.1, 0.15) is 11.6 Å². The van der Waals surface area contributed by atoms with E-state index in [1.165, 1.54) is 5.56 Å². The van der Waals surface area contributed by atoms with Gasteiger partial charge in [0.05, 0.1) is 19.4 Å². The Balaban J connectivity index is 2.16. The minimum absolute atomic E-state index is 0.730. The first-order valence-corrected chi connectivity index (χ1v) is 6.97. The molecule has 0 aliphatic carbocycles. The molecule has 0 atom stereocenters. The van der Waals surface area contributed by atoms with Gasteiger partial charge in [0, 0.05) is 18.4 Å². The van der Waals surface area contributed by atoms with Crippen molar-refractivity contribution in [2.75, 3.05) is 6.54 Å². The lowest BCUT2D eigenvalue weighted by atomic mass is 10.2. The van der Waals surface area contributed by atoms with E-state index < -0.39 is 0 Å². The monoisotopic (exact) mass is 262 g/mol. The van der Waals surface area contributed by atoms with Crippen LogP contribution in [0.5, 0.6) is 0 Å². The lowest BCUT2D eigenvalue weighted by Crippen LogP contribution is -2.14.